The zero-order valence-corrected chi connectivity index (χ0v) is 7.38. The molecule has 1 rings (SSSR count). The van der Waals surface area contributed by atoms with E-state index in [9.17, 15) is 0 Å². The zero-order chi connectivity index (χ0) is 8.10. The van der Waals surface area contributed by atoms with Crippen LogP contribution in [0.1, 0.15) is 11.1 Å². The first-order valence-electron chi connectivity index (χ1n) is 3.52. The molecule has 0 saturated carbocycles. The van der Waals surface area contributed by atoms with Gasteiger partial charge in [-0.1, -0.05) is 12.2 Å². The molecule has 11 heavy (non-hydrogen) atoms. The lowest BCUT2D eigenvalue weighted by Gasteiger charge is -1.93. The molecule has 0 spiro atoms. The summed E-state index contributed by atoms with van der Waals surface area (Å²) < 4.78 is 0. The molecule has 0 amide bonds. The van der Waals surface area contributed by atoms with Gasteiger partial charge in [-0.25, -0.2) is 0 Å². The molecule has 0 aromatic carbocycles. The first-order chi connectivity index (χ1) is 5.33. The molecule has 0 aliphatic rings. The highest BCUT2D eigenvalue weighted by Gasteiger charge is 1.86. The topological polar surface area (TPSA) is 12.9 Å². The van der Waals surface area contributed by atoms with Crippen LogP contribution < -0.4 is 0 Å². The van der Waals surface area contributed by atoms with Gasteiger partial charge >= 0.3 is 0 Å². The fourth-order valence-corrected chi connectivity index (χ4v) is 0.964. The molecule has 1 aromatic rings. The maximum Gasteiger partial charge on any atom is 0.0340 e. The van der Waals surface area contributed by atoms with Gasteiger partial charge < -0.3 is 0 Å². The summed E-state index contributed by atoms with van der Waals surface area (Å²) >= 11 is 4.07. The van der Waals surface area contributed by atoms with E-state index in [1.165, 1.54) is 5.56 Å². The van der Waals surface area contributed by atoms with Crippen LogP contribution in [0.3, 0.4) is 0 Å². The second kappa shape index (κ2) is 4.19. The van der Waals surface area contributed by atoms with Gasteiger partial charge in [0, 0.05) is 18.1 Å². The molecule has 0 atom stereocenters. The van der Waals surface area contributed by atoms with Gasteiger partial charge in [-0.2, -0.15) is 12.6 Å². The summed E-state index contributed by atoms with van der Waals surface area (Å²) in [6.45, 7) is 2.03. The Morgan fingerprint density at radius 2 is 2.36 bits per heavy atom. The molecule has 2 heteroatoms. The number of thiol groups is 1. The minimum atomic E-state index is 0.772. The normalized spacial score (nSPS) is 10.7. The van der Waals surface area contributed by atoms with Crippen LogP contribution in [0.5, 0.6) is 0 Å². The van der Waals surface area contributed by atoms with Crippen molar-refractivity contribution in [3.05, 3.63) is 35.7 Å². The molecule has 0 bridgehead atoms. The van der Waals surface area contributed by atoms with Crippen LogP contribution in [-0.4, -0.2) is 10.7 Å². The van der Waals surface area contributed by atoms with E-state index in [0.29, 0.717) is 0 Å². The smallest absolute Gasteiger partial charge is 0.0340 e. The van der Waals surface area contributed by atoms with Gasteiger partial charge in [0.1, 0.15) is 0 Å². The predicted molar refractivity (Wildman–Crippen MR) is 51.9 cm³/mol. The van der Waals surface area contributed by atoms with E-state index in [1.807, 2.05) is 31.5 Å². The van der Waals surface area contributed by atoms with Crippen molar-refractivity contribution in [2.24, 2.45) is 0 Å². The molecular formula is C9H11NS. The SMILES string of the molecule is Cc1cncc(C=CCS)c1. The summed E-state index contributed by atoms with van der Waals surface area (Å²) in [6.07, 6.45) is 7.71. The molecule has 0 unspecified atom stereocenters. The number of hydrogen-bond donors (Lipinski definition) is 1. The first-order valence-corrected chi connectivity index (χ1v) is 4.15. The Balaban J connectivity index is 2.79. The van der Waals surface area contributed by atoms with E-state index in [1.54, 1.807) is 0 Å². The Bertz CT molecular complexity index is 255. The number of hydrogen-bond acceptors (Lipinski definition) is 2. The summed E-state index contributed by atoms with van der Waals surface area (Å²) in [5.41, 5.74) is 2.32. The van der Waals surface area contributed by atoms with Crippen molar-refractivity contribution in [3.63, 3.8) is 0 Å². The van der Waals surface area contributed by atoms with E-state index in [0.717, 1.165) is 11.3 Å². The second-order valence-corrected chi connectivity index (χ2v) is 2.75. The number of aromatic nitrogens is 1. The third kappa shape index (κ3) is 2.76. The Kier molecular flexibility index (Phi) is 3.17. The van der Waals surface area contributed by atoms with E-state index in [2.05, 4.69) is 23.7 Å². The lowest BCUT2D eigenvalue weighted by atomic mass is 10.2. The highest BCUT2D eigenvalue weighted by atomic mass is 32.1. The summed E-state index contributed by atoms with van der Waals surface area (Å²) in [4.78, 5) is 4.06. The van der Waals surface area contributed by atoms with Gasteiger partial charge in [-0.15, -0.1) is 0 Å². The minimum absolute atomic E-state index is 0.772. The summed E-state index contributed by atoms with van der Waals surface area (Å²) in [6, 6.07) is 2.09. The average molecular weight is 165 g/mol. The van der Waals surface area contributed by atoms with Gasteiger partial charge in [0.25, 0.3) is 0 Å². The average Bonchev–Trinajstić information content (AvgIpc) is 2.01. The number of aryl methyl sites for hydroxylation is 1. The van der Waals surface area contributed by atoms with E-state index in [4.69, 9.17) is 0 Å². The van der Waals surface area contributed by atoms with Crippen molar-refractivity contribution in [1.82, 2.24) is 4.98 Å². The summed E-state index contributed by atoms with van der Waals surface area (Å²) in [5, 5.41) is 0. The Hall–Kier alpha value is -0.760. The van der Waals surface area contributed by atoms with Crippen molar-refractivity contribution in [2.75, 3.05) is 5.75 Å². The van der Waals surface area contributed by atoms with Crippen molar-refractivity contribution in [1.29, 1.82) is 0 Å². The van der Waals surface area contributed by atoms with Crippen molar-refractivity contribution < 1.29 is 0 Å². The van der Waals surface area contributed by atoms with Gasteiger partial charge in [-0.3, -0.25) is 4.98 Å². The van der Waals surface area contributed by atoms with Crippen LogP contribution in [-0.2, 0) is 0 Å². The molecule has 1 heterocycles. The van der Waals surface area contributed by atoms with Crippen LogP contribution in [0.4, 0.5) is 0 Å². The minimum Gasteiger partial charge on any atom is -0.264 e. The predicted octanol–water partition coefficient (Wildman–Crippen LogP) is 2.33. The van der Waals surface area contributed by atoms with Crippen LogP contribution in [0.2, 0.25) is 0 Å². The van der Waals surface area contributed by atoms with E-state index < -0.39 is 0 Å². The van der Waals surface area contributed by atoms with Crippen LogP contribution in [0, 0.1) is 6.92 Å². The second-order valence-electron chi connectivity index (χ2n) is 2.38. The monoisotopic (exact) mass is 165 g/mol. The van der Waals surface area contributed by atoms with Crippen molar-refractivity contribution in [3.8, 4) is 0 Å². The molecule has 1 nitrogen and oxygen atoms in total. The quantitative estimate of drug-likeness (QED) is 0.664. The van der Waals surface area contributed by atoms with E-state index in [-0.39, 0.29) is 0 Å². The Labute approximate surface area is 72.6 Å². The largest absolute Gasteiger partial charge is 0.264 e. The number of rotatable bonds is 2. The third-order valence-electron chi connectivity index (χ3n) is 1.31. The molecule has 0 aliphatic heterocycles. The molecule has 0 saturated heterocycles. The fourth-order valence-electron chi connectivity index (χ4n) is 0.858. The Morgan fingerprint density at radius 3 is 3.00 bits per heavy atom. The molecule has 1 aromatic heterocycles. The summed E-state index contributed by atoms with van der Waals surface area (Å²) in [7, 11) is 0. The molecule has 58 valence electrons. The van der Waals surface area contributed by atoms with Gasteiger partial charge in [-0.05, 0) is 24.1 Å². The molecule has 0 N–H and O–H groups in total. The summed E-state index contributed by atoms with van der Waals surface area (Å²) in [5.74, 6) is 0.772. The molecule has 0 radical (unpaired) electrons. The van der Waals surface area contributed by atoms with Crippen LogP contribution in [0.15, 0.2) is 24.5 Å². The molecular weight excluding hydrogens is 154 g/mol. The maximum absolute atomic E-state index is 4.07. The van der Waals surface area contributed by atoms with Gasteiger partial charge in [0.2, 0.25) is 0 Å². The highest BCUT2D eigenvalue weighted by Crippen LogP contribution is 2.02. The van der Waals surface area contributed by atoms with Gasteiger partial charge in [0.05, 0.1) is 0 Å². The first kappa shape index (κ1) is 8.34. The Morgan fingerprint density at radius 1 is 1.55 bits per heavy atom. The molecule has 0 aliphatic carbocycles. The fraction of sp³-hybridized carbons (Fsp3) is 0.222. The standard InChI is InChI=1S/C9H11NS/c1-8-5-9(3-2-4-11)7-10-6-8/h2-3,5-7,11H,4H2,1H3. The zero-order valence-electron chi connectivity index (χ0n) is 6.49. The van der Waals surface area contributed by atoms with E-state index >= 15 is 0 Å². The van der Waals surface area contributed by atoms with Crippen LogP contribution in [0.25, 0.3) is 6.08 Å². The van der Waals surface area contributed by atoms with Crippen molar-refractivity contribution in [2.45, 2.75) is 6.92 Å². The lowest BCUT2D eigenvalue weighted by molar-refractivity contribution is 1.26. The van der Waals surface area contributed by atoms with Crippen LogP contribution >= 0.6 is 12.6 Å². The maximum atomic E-state index is 4.07. The number of nitrogens with zero attached hydrogens (tertiary/aromatic N) is 1. The lowest BCUT2D eigenvalue weighted by Crippen LogP contribution is -1.78. The third-order valence-corrected chi connectivity index (χ3v) is 1.52. The van der Waals surface area contributed by atoms with Gasteiger partial charge in [0.15, 0.2) is 0 Å². The number of pyridine rings is 1. The highest BCUT2D eigenvalue weighted by molar-refractivity contribution is 7.80. The van der Waals surface area contributed by atoms with Crippen molar-refractivity contribution >= 4 is 18.7 Å². The molecule has 0 fully saturated rings.